The number of rotatable bonds is 9. The Bertz CT molecular complexity index is 961. The molecule has 0 spiro atoms. The lowest BCUT2D eigenvalue weighted by molar-refractivity contribution is -0.123. The maximum Gasteiger partial charge on any atom is 0.240 e. The highest BCUT2D eigenvalue weighted by Crippen LogP contribution is 2.65. The molecule has 8 heteroatoms. The summed E-state index contributed by atoms with van der Waals surface area (Å²) in [5, 5.41) is 3.30. The van der Waals surface area contributed by atoms with Gasteiger partial charge in [0.05, 0.1) is 4.90 Å². The van der Waals surface area contributed by atoms with Gasteiger partial charge in [0, 0.05) is 25.1 Å². The summed E-state index contributed by atoms with van der Waals surface area (Å²) in [5.41, 5.74) is 0.485. The minimum Gasteiger partial charge on any atom is -0.486 e. The molecule has 1 aromatic rings. The van der Waals surface area contributed by atoms with Gasteiger partial charge in [0.25, 0.3) is 0 Å². The van der Waals surface area contributed by atoms with Crippen LogP contribution in [-0.4, -0.2) is 40.1 Å². The van der Waals surface area contributed by atoms with Gasteiger partial charge in [-0.2, -0.15) is 0 Å². The van der Waals surface area contributed by atoms with E-state index in [1.165, 1.54) is 25.0 Å². The number of ether oxygens (including phenoxy) is 2. The molecule has 3 unspecified atom stereocenters. The molecule has 2 aliphatic carbocycles. The Morgan fingerprint density at radius 3 is 2.53 bits per heavy atom. The van der Waals surface area contributed by atoms with Crippen LogP contribution in [-0.2, 0) is 14.8 Å². The summed E-state index contributed by atoms with van der Waals surface area (Å²) >= 11 is 0. The minimum absolute atomic E-state index is 0.122. The van der Waals surface area contributed by atoms with Gasteiger partial charge < -0.3 is 14.8 Å². The monoisotopic (exact) mass is 464 g/mol. The van der Waals surface area contributed by atoms with Gasteiger partial charge >= 0.3 is 0 Å². The quantitative estimate of drug-likeness (QED) is 0.545. The molecule has 1 heterocycles. The second-order valence-electron chi connectivity index (χ2n) is 10.2. The van der Waals surface area contributed by atoms with Crippen molar-refractivity contribution in [2.45, 2.75) is 76.7 Å². The van der Waals surface area contributed by atoms with E-state index in [0.717, 1.165) is 19.3 Å². The second-order valence-corrected chi connectivity index (χ2v) is 12.0. The molecule has 178 valence electrons. The highest BCUT2D eigenvalue weighted by molar-refractivity contribution is 7.89. The van der Waals surface area contributed by atoms with Gasteiger partial charge in [0.1, 0.15) is 13.2 Å². The Hall–Kier alpha value is -1.80. The standard InChI is InChI=1S/C24H36N2O5S/c1-23(2)17-10-11-24(23,3)21(15-17)26-22(27)7-5-4-6-12-25-32(28,29)18-8-9-19-20(16-18)31-14-13-30-19/h8-9,16-17,21,25H,4-7,10-15H2,1-3H3,(H,26,27). The lowest BCUT2D eigenvalue weighted by Gasteiger charge is -2.39. The molecule has 1 aliphatic heterocycles. The van der Waals surface area contributed by atoms with Gasteiger partial charge in [-0.3, -0.25) is 4.79 Å². The first kappa shape index (κ1) is 23.4. The van der Waals surface area contributed by atoms with E-state index in [-0.39, 0.29) is 22.3 Å². The number of hydrogen-bond acceptors (Lipinski definition) is 5. The fourth-order valence-corrected chi connectivity index (χ4v) is 6.85. The van der Waals surface area contributed by atoms with Crippen molar-refractivity contribution in [3.05, 3.63) is 18.2 Å². The zero-order valence-electron chi connectivity index (χ0n) is 19.4. The van der Waals surface area contributed by atoms with E-state index in [1.54, 1.807) is 6.07 Å². The van der Waals surface area contributed by atoms with E-state index in [2.05, 4.69) is 30.8 Å². The Morgan fingerprint density at radius 2 is 1.84 bits per heavy atom. The summed E-state index contributed by atoms with van der Waals surface area (Å²) in [6.45, 7) is 8.25. The molecule has 1 aromatic carbocycles. The van der Waals surface area contributed by atoms with E-state index in [0.29, 0.717) is 55.4 Å². The fourth-order valence-electron chi connectivity index (χ4n) is 5.76. The van der Waals surface area contributed by atoms with Gasteiger partial charge in [0.2, 0.25) is 15.9 Å². The van der Waals surface area contributed by atoms with Crippen molar-refractivity contribution < 1.29 is 22.7 Å². The van der Waals surface area contributed by atoms with Gasteiger partial charge in [0.15, 0.2) is 11.5 Å². The number of carbonyl (C=O) groups excluding carboxylic acids is 1. The summed E-state index contributed by atoms with van der Waals surface area (Å²) < 4.78 is 38.6. The average Bonchev–Trinajstić information content (AvgIpc) is 3.09. The number of sulfonamides is 1. The predicted molar refractivity (Wildman–Crippen MR) is 122 cm³/mol. The Labute approximate surface area is 191 Å². The Balaban J connectivity index is 1.16. The molecular formula is C24H36N2O5S. The summed E-state index contributed by atoms with van der Waals surface area (Å²) in [4.78, 5) is 12.6. The smallest absolute Gasteiger partial charge is 0.240 e. The summed E-state index contributed by atoms with van der Waals surface area (Å²) in [7, 11) is -3.60. The number of benzene rings is 1. The third-order valence-corrected chi connectivity index (χ3v) is 9.78. The van der Waals surface area contributed by atoms with Crippen LogP contribution >= 0.6 is 0 Å². The highest BCUT2D eigenvalue weighted by Gasteiger charge is 2.61. The zero-order chi connectivity index (χ0) is 23.0. The van der Waals surface area contributed by atoms with Crippen molar-refractivity contribution in [1.29, 1.82) is 0 Å². The third-order valence-electron chi connectivity index (χ3n) is 8.33. The van der Waals surface area contributed by atoms with Crippen molar-refractivity contribution in [3.63, 3.8) is 0 Å². The average molecular weight is 465 g/mol. The topological polar surface area (TPSA) is 93.7 Å². The highest BCUT2D eigenvalue weighted by atomic mass is 32.2. The van der Waals surface area contributed by atoms with Gasteiger partial charge in [-0.1, -0.05) is 27.2 Å². The number of hydrogen-bond donors (Lipinski definition) is 2. The molecule has 1 amide bonds. The van der Waals surface area contributed by atoms with E-state index in [4.69, 9.17) is 9.47 Å². The molecular weight excluding hydrogens is 428 g/mol. The molecule has 3 aliphatic rings. The summed E-state index contributed by atoms with van der Waals surface area (Å²) in [6, 6.07) is 4.93. The molecule has 32 heavy (non-hydrogen) atoms. The number of carbonyl (C=O) groups is 1. The van der Waals surface area contributed by atoms with Crippen molar-refractivity contribution in [3.8, 4) is 11.5 Å². The maximum atomic E-state index is 12.5. The Morgan fingerprint density at radius 1 is 1.09 bits per heavy atom. The number of nitrogens with one attached hydrogen (secondary N) is 2. The van der Waals surface area contributed by atoms with E-state index >= 15 is 0 Å². The number of amides is 1. The van der Waals surface area contributed by atoms with Crippen LogP contribution in [0.4, 0.5) is 0 Å². The molecule has 2 N–H and O–H groups in total. The van der Waals surface area contributed by atoms with Crippen LogP contribution in [0.5, 0.6) is 11.5 Å². The molecule has 7 nitrogen and oxygen atoms in total. The normalized spacial score (nSPS) is 28.0. The molecule has 3 atom stereocenters. The third kappa shape index (κ3) is 4.36. The summed E-state index contributed by atoms with van der Waals surface area (Å²) in [5.74, 6) is 1.85. The second kappa shape index (κ2) is 8.86. The fraction of sp³-hybridized carbons (Fsp3) is 0.708. The number of unbranched alkanes of at least 4 members (excludes halogenated alkanes) is 2. The zero-order valence-corrected chi connectivity index (χ0v) is 20.2. The van der Waals surface area contributed by atoms with Crippen LogP contribution in [0, 0.1) is 16.7 Å². The first-order valence-corrected chi connectivity index (χ1v) is 13.3. The molecule has 0 aromatic heterocycles. The lowest BCUT2D eigenvalue weighted by atomic mass is 9.69. The molecule has 4 rings (SSSR count). The van der Waals surface area contributed by atoms with E-state index < -0.39 is 10.0 Å². The first-order valence-electron chi connectivity index (χ1n) is 11.8. The van der Waals surface area contributed by atoms with Crippen LogP contribution in [0.25, 0.3) is 0 Å². The molecule has 2 fully saturated rings. The maximum absolute atomic E-state index is 12.5. The van der Waals surface area contributed by atoms with Crippen LogP contribution in [0.2, 0.25) is 0 Å². The van der Waals surface area contributed by atoms with Crippen molar-refractivity contribution in [2.24, 2.45) is 16.7 Å². The molecule has 0 saturated heterocycles. The molecule has 2 bridgehead atoms. The Kier molecular flexibility index (Phi) is 6.47. The van der Waals surface area contributed by atoms with Gasteiger partial charge in [-0.15, -0.1) is 0 Å². The van der Waals surface area contributed by atoms with Gasteiger partial charge in [-0.05, 0) is 61.0 Å². The van der Waals surface area contributed by atoms with E-state index in [1.807, 2.05) is 0 Å². The number of fused-ring (bicyclic) bond motifs is 3. The predicted octanol–water partition coefficient (Wildman–Crippen LogP) is 3.63. The lowest BCUT2D eigenvalue weighted by Crippen LogP contribution is -2.46. The van der Waals surface area contributed by atoms with Crippen molar-refractivity contribution in [2.75, 3.05) is 19.8 Å². The van der Waals surface area contributed by atoms with Crippen LogP contribution in [0.3, 0.4) is 0 Å². The molecule has 0 radical (unpaired) electrons. The minimum atomic E-state index is -3.60. The van der Waals surface area contributed by atoms with Crippen molar-refractivity contribution in [1.82, 2.24) is 10.0 Å². The van der Waals surface area contributed by atoms with Crippen LogP contribution in [0.1, 0.15) is 65.7 Å². The van der Waals surface area contributed by atoms with Crippen molar-refractivity contribution >= 4 is 15.9 Å². The molecule has 2 saturated carbocycles. The first-order chi connectivity index (χ1) is 15.1. The van der Waals surface area contributed by atoms with Gasteiger partial charge in [-0.25, -0.2) is 13.1 Å². The van der Waals surface area contributed by atoms with Crippen LogP contribution < -0.4 is 19.5 Å². The SMILES string of the molecule is CC1(C)C2CCC1(C)C(NC(=O)CCCCCNS(=O)(=O)c1ccc3c(c1)OCCO3)C2. The largest absolute Gasteiger partial charge is 0.486 e. The summed E-state index contributed by atoms with van der Waals surface area (Å²) in [6.07, 6.45) is 6.30. The van der Waals surface area contributed by atoms with E-state index in [9.17, 15) is 13.2 Å². The van der Waals surface area contributed by atoms with Crippen LogP contribution in [0.15, 0.2) is 23.1 Å².